The Kier molecular flexibility index (Phi) is 4.13. The highest BCUT2D eigenvalue weighted by Crippen LogP contribution is 2.32. The van der Waals surface area contributed by atoms with Gasteiger partial charge in [-0.1, -0.05) is 5.92 Å². The maximum absolute atomic E-state index is 12.2. The van der Waals surface area contributed by atoms with Gasteiger partial charge in [0.25, 0.3) is 0 Å². The number of carbonyl (C=O) groups is 1. The van der Waals surface area contributed by atoms with E-state index >= 15 is 0 Å². The third kappa shape index (κ3) is 3.19. The minimum absolute atomic E-state index is 0.0155. The Morgan fingerprint density at radius 3 is 2.63 bits per heavy atom. The molecule has 0 aromatic heterocycles. The Labute approximate surface area is 109 Å². The second-order valence-electron chi connectivity index (χ2n) is 4.73. The highest BCUT2D eigenvalue weighted by Gasteiger charge is 2.46. The fraction of sp³-hybridized carbons (Fsp3) is 0.667. The van der Waals surface area contributed by atoms with Crippen LogP contribution in [-0.2, 0) is 0 Å². The summed E-state index contributed by atoms with van der Waals surface area (Å²) >= 11 is 0. The maximum atomic E-state index is 12.2. The van der Waals surface area contributed by atoms with E-state index in [1.807, 2.05) is 0 Å². The molecule has 2 amide bonds. The van der Waals surface area contributed by atoms with E-state index in [4.69, 9.17) is 12.2 Å². The molecule has 1 rings (SSSR count). The van der Waals surface area contributed by atoms with Gasteiger partial charge < -0.3 is 5.73 Å². The standard InChI is InChI=1S/C12H16F3N3O/c1-4-8(2)18-10(19)17-9(16)11(18,3)6-5-7-12(13,14)15/h1,8H,5-7H2,2-3H3,(H2,16,17,19). The second-order valence-corrected chi connectivity index (χ2v) is 4.73. The highest BCUT2D eigenvalue weighted by molar-refractivity contribution is 6.05. The first-order valence-electron chi connectivity index (χ1n) is 5.82. The van der Waals surface area contributed by atoms with E-state index in [2.05, 4.69) is 10.9 Å². The Morgan fingerprint density at radius 1 is 1.58 bits per heavy atom. The monoisotopic (exact) mass is 275 g/mol. The smallest absolute Gasteiger partial charge is 0.385 e. The lowest BCUT2D eigenvalue weighted by Crippen LogP contribution is -2.54. The zero-order valence-electron chi connectivity index (χ0n) is 10.8. The number of carbonyl (C=O) groups excluding carboxylic acids is 1. The van der Waals surface area contributed by atoms with Crippen LogP contribution in [0, 0.1) is 12.3 Å². The van der Waals surface area contributed by atoms with Gasteiger partial charge in [-0.2, -0.15) is 18.2 Å². The Balaban J connectivity index is 2.84. The van der Waals surface area contributed by atoms with Gasteiger partial charge in [-0.25, -0.2) is 4.79 Å². The first-order valence-corrected chi connectivity index (χ1v) is 5.82. The number of alkyl halides is 3. The van der Waals surface area contributed by atoms with Crippen molar-refractivity contribution < 1.29 is 18.0 Å². The predicted octanol–water partition coefficient (Wildman–Crippen LogP) is 2.29. The van der Waals surface area contributed by atoms with Crippen LogP contribution in [0.4, 0.5) is 18.0 Å². The second kappa shape index (κ2) is 5.11. The van der Waals surface area contributed by atoms with E-state index in [0.717, 1.165) is 0 Å². The number of halogens is 3. The van der Waals surface area contributed by atoms with Crippen molar-refractivity contribution >= 4 is 11.9 Å². The molecule has 0 bridgehead atoms. The molecule has 0 aromatic rings. The number of nitrogens with two attached hydrogens (primary N) is 1. The van der Waals surface area contributed by atoms with Crippen molar-refractivity contribution in [2.24, 2.45) is 10.7 Å². The maximum Gasteiger partial charge on any atom is 0.389 e. The zero-order valence-corrected chi connectivity index (χ0v) is 10.8. The lowest BCUT2D eigenvalue weighted by molar-refractivity contribution is -0.136. The normalized spacial score (nSPS) is 25.2. The average molecular weight is 275 g/mol. The summed E-state index contributed by atoms with van der Waals surface area (Å²) in [6.45, 7) is 3.19. The van der Waals surface area contributed by atoms with Gasteiger partial charge >= 0.3 is 12.2 Å². The molecule has 0 saturated heterocycles. The number of hydrogen-bond donors (Lipinski definition) is 1. The first-order chi connectivity index (χ1) is 8.62. The number of amidine groups is 1. The number of hydrogen-bond acceptors (Lipinski definition) is 2. The highest BCUT2D eigenvalue weighted by atomic mass is 19.4. The molecule has 0 aliphatic carbocycles. The summed E-state index contributed by atoms with van der Waals surface area (Å²) in [6, 6.07) is -1.18. The van der Waals surface area contributed by atoms with Crippen LogP contribution in [0.15, 0.2) is 4.99 Å². The summed E-state index contributed by atoms with van der Waals surface area (Å²) in [6.07, 6.45) is 0.0334. The zero-order chi connectivity index (χ0) is 14.8. The third-order valence-corrected chi connectivity index (χ3v) is 3.26. The van der Waals surface area contributed by atoms with E-state index in [1.54, 1.807) is 13.8 Å². The summed E-state index contributed by atoms with van der Waals surface area (Å²) in [7, 11) is 0. The molecular weight excluding hydrogens is 259 g/mol. The number of urea groups is 1. The number of aliphatic imine (C=N–C) groups is 1. The molecule has 4 nitrogen and oxygen atoms in total. The van der Waals surface area contributed by atoms with Crippen LogP contribution < -0.4 is 5.73 Å². The molecule has 106 valence electrons. The molecular formula is C12H16F3N3O. The van der Waals surface area contributed by atoms with Crippen molar-refractivity contribution in [2.45, 2.75) is 50.9 Å². The van der Waals surface area contributed by atoms with E-state index in [0.29, 0.717) is 0 Å². The number of amides is 2. The Bertz CT molecular complexity index is 438. The van der Waals surface area contributed by atoms with E-state index in [9.17, 15) is 18.0 Å². The Morgan fingerprint density at radius 2 is 2.16 bits per heavy atom. The van der Waals surface area contributed by atoms with Gasteiger partial charge in [-0.15, -0.1) is 6.42 Å². The lowest BCUT2D eigenvalue weighted by Gasteiger charge is -2.37. The van der Waals surface area contributed by atoms with Crippen molar-refractivity contribution in [3.63, 3.8) is 0 Å². The van der Waals surface area contributed by atoms with Crippen LogP contribution in [-0.4, -0.2) is 34.5 Å². The fourth-order valence-corrected chi connectivity index (χ4v) is 2.16. The summed E-state index contributed by atoms with van der Waals surface area (Å²) in [5, 5.41) is 0. The number of nitrogens with zero attached hydrogens (tertiary/aromatic N) is 2. The van der Waals surface area contributed by atoms with Crippen molar-refractivity contribution in [2.75, 3.05) is 0 Å². The van der Waals surface area contributed by atoms with Crippen LogP contribution in [0.25, 0.3) is 0 Å². The summed E-state index contributed by atoms with van der Waals surface area (Å²) < 4.78 is 36.5. The van der Waals surface area contributed by atoms with Gasteiger partial charge in [-0.05, 0) is 26.7 Å². The topological polar surface area (TPSA) is 58.7 Å². The molecule has 1 heterocycles. The van der Waals surface area contributed by atoms with Gasteiger partial charge in [0, 0.05) is 6.42 Å². The van der Waals surface area contributed by atoms with E-state index < -0.39 is 30.2 Å². The van der Waals surface area contributed by atoms with Crippen LogP contribution in [0.2, 0.25) is 0 Å². The summed E-state index contributed by atoms with van der Waals surface area (Å²) in [5.41, 5.74) is 4.63. The molecule has 0 radical (unpaired) electrons. The minimum Gasteiger partial charge on any atom is -0.385 e. The van der Waals surface area contributed by atoms with Crippen LogP contribution in [0.1, 0.15) is 33.1 Å². The molecule has 0 spiro atoms. The van der Waals surface area contributed by atoms with Crippen molar-refractivity contribution in [1.82, 2.24) is 4.90 Å². The van der Waals surface area contributed by atoms with Gasteiger partial charge in [-0.3, -0.25) is 4.90 Å². The lowest BCUT2D eigenvalue weighted by atomic mass is 9.91. The quantitative estimate of drug-likeness (QED) is 0.800. The average Bonchev–Trinajstić information content (AvgIpc) is 2.47. The van der Waals surface area contributed by atoms with Crippen LogP contribution >= 0.6 is 0 Å². The van der Waals surface area contributed by atoms with Crippen LogP contribution in [0.5, 0.6) is 0 Å². The number of rotatable bonds is 4. The largest absolute Gasteiger partial charge is 0.389 e. The van der Waals surface area contributed by atoms with Crippen molar-refractivity contribution in [3.05, 3.63) is 0 Å². The van der Waals surface area contributed by atoms with Gasteiger partial charge in [0.05, 0.1) is 6.04 Å². The summed E-state index contributed by atoms with van der Waals surface area (Å²) in [5.74, 6) is 2.39. The van der Waals surface area contributed by atoms with E-state index in [-0.39, 0.29) is 18.7 Å². The van der Waals surface area contributed by atoms with Gasteiger partial charge in [0.2, 0.25) is 0 Å². The molecule has 7 heteroatoms. The molecule has 19 heavy (non-hydrogen) atoms. The summed E-state index contributed by atoms with van der Waals surface area (Å²) in [4.78, 5) is 16.6. The first kappa shape index (κ1) is 15.3. The van der Waals surface area contributed by atoms with Gasteiger partial charge in [0.1, 0.15) is 11.4 Å². The van der Waals surface area contributed by atoms with Gasteiger partial charge in [0.15, 0.2) is 0 Å². The molecule has 2 atom stereocenters. The number of terminal acetylenes is 1. The van der Waals surface area contributed by atoms with E-state index in [1.165, 1.54) is 4.90 Å². The SMILES string of the molecule is C#CC(C)N1C(=O)N=C(N)C1(C)CCCC(F)(F)F. The molecule has 2 unspecified atom stereocenters. The van der Waals surface area contributed by atoms with Crippen molar-refractivity contribution in [1.29, 1.82) is 0 Å². The molecule has 1 aliphatic heterocycles. The molecule has 1 aliphatic rings. The molecule has 0 aromatic carbocycles. The molecule has 2 N–H and O–H groups in total. The molecule has 0 saturated carbocycles. The van der Waals surface area contributed by atoms with Crippen molar-refractivity contribution in [3.8, 4) is 12.3 Å². The minimum atomic E-state index is -4.23. The van der Waals surface area contributed by atoms with Crippen LogP contribution in [0.3, 0.4) is 0 Å². The third-order valence-electron chi connectivity index (χ3n) is 3.26. The Hall–Kier alpha value is -1.71. The molecule has 0 fully saturated rings. The fourth-order valence-electron chi connectivity index (χ4n) is 2.16. The predicted molar refractivity (Wildman–Crippen MR) is 65.5 cm³/mol.